The van der Waals surface area contributed by atoms with Gasteiger partial charge in [0, 0.05) is 38.4 Å². The maximum absolute atomic E-state index is 12.8. The van der Waals surface area contributed by atoms with Crippen LogP contribution in [0.3, 0.4) is 0 Å². The van der Waals surface area contributed by atoms with Gasteiger partial charge in [-0.25, -0.2) is 0 Å². The molecule has 1 amide bonds. The maximum Gasteiger partial charge on any atom is 0.249 e. The number of carbonyl (C=O) groups excluding carboxylic acids is 2. The average molecular weight is 634 g/mol. The van der Waals surface area contributed by atoms with Crippen LogP contribution in [-0.2, 0) is 19.9 Å². The van der Waals surface area contributed by atoms with Crippen LogP contribution in [0.2, 0.25) is 0 Å². The minimum absolute atomic E-state index is 0.0330. The summed E-state index contributed by atoms with van der Waals surface area (Å²) in [6, 6.07) is 16.7. The summed E-state index contributed by atoms with van der Waals surface area (Å²) in [5, 5.41) is 6.63. The van der Waals surface area contributed by atoms with Gasteiger partial charge in [0.05, 0.1) is 11.2 Å². The minimum Gasteiger partial charge on any atom is -0.403 e. The number of amides is 1. The molecule has 4 atom stereocenters. The van der Waals surface area contributed by atoms with Crippen molar-refractivity contribution >= 4 is 17.9 Å². The predicted octanol–water partition coefficient (Wildman–Crippen LogP) is 5.83. The first kappa shape index (κ1) is 37.3. The number of benzene rings is 2. The molecule has 3 rings (SSSR count). The van der Waals surface area contributed by atoms with Gasteiger partial charge >= 0.3 is 0 Å². The zero-order valence-electron chi connectivity index (χ0n) is 28.6. The largest absolute Gasteiger partial charge is 0.403 e. The molecular formula is C38H59N5O3. The third-order valence-electron chi connectivity index (χ3n) is 9.60. The highest BCUT2D eigenvalue weighted by atomic mass is 16.5. The third-order valence-corrected chi connectivity index (χ3v) is 9.60. The second-order valence-electron chi connectivity index (χ2n) is 13.7. The second-order valence-corrected chi connectivity index (χ2v) is 13.7. The Balaban J connectivity index is 1.62. The van der Waals surface area contributed by atoms with Crippen molar-refractivity contribution in [3.05, 3.63) is 65.9 Å². The number of rotatable bonds is 19. The Morgan fingerprint density at radius 1 is 0.978 bits per heavy atom. The molecule has 46 heavy (non-hydrogen) atoms. The Labute approximate surface area is 277 Å². The number of hydrogen-bond donors (Lipinski definition) is 5. The first-order chi connectivity index (χ1) is 22.1. The second kappa shape index (κ2) is 18.8. The molecule has 2 aromatic carbocycles. The summed E-state index contributed by atoms with van der Waals surface area (Å²) in [6.07, 6.45) is 10.7. The number of unbranched alkanes of at least 4 members (excludes halogenated alkanes) is 3. The quantitative estimate of drug-likeness (QED) is 0.0966. The van der Waals surface area contributed by atoms with Gasteiger partial charge in [0.1, 0.15) is 12.4 Å². The summed E-state index contributed by atoms with van der Waals surface area (Å²) >= 11 is 0. The summed E-state index contributed by atoms with van der Waals surface area (Å²) in [4.78, 5) is 23.4. The fourth-order valence-corrected chi connectivity index (χ4v) is 6.26. The van der Waals surface area contributed by atoms with Crippen LogP contribution in [0.25, 0.3) is 16.8 Å². The fourth-order valence-electron chi connectivity index (χ4n) is 6.26. The SMILES string of the molecule is CC(C)C(CCCCCC=O)C[C@](N)(CN)c1ccc(-c2ccc(/C(=C/N)NC[C@@H](NC(=O)C3CCCCO3)C(C)C)cc2)cc1. The van der Waals surface area contributed by atoms with Crippen LogP contribution in [-0.4, -0.2) is 44.0 Å². The molecule has 0 radical (unpaired) electrons. The van der Waals surface area contributed by atoms with Gasteiger partial charge in [0.15, 0.2) is 0 Å². The van der Waals surface area contributed by atoms with Crippen LogP contribution in [0.15, 0.2) is 54.7 Å². The molecule has 0 bridgehead atoms. The van der Waals surface area contributed by atoms with E-state index < -0.39 is 5.54 Å². The number of nitrogens with two attached hydrogens (primary N) is 3. The van der Waals surface area contributed by atoms with Crippen LogP contribution < -0.4 is 27.8 Å². The van der Waals surface area contributed by atoms with E-state index in [4.69, 9.17) is 21.9 Å². The molecule has 0 saturated carbocycles. The van der Waals surface area contributed by atoms with Gasteiger partial charge in [0.25, 0.3) is 0 Å². The minimum atomic E-state index is -0.594. The Morgan fingerprint density at radius 3 is 2.20 bits per heavy atom. The lowest BCUT2D eigenvalue weighted by molar-refractivity contribution is -0.136. The zero-order valence-corrected chi connectivity index (χ0v) is 28.6. The average Bonchev–Trinajstić information content (AvgIpc) is 3.07. The highest BCUT2D eigenvalue weighted by molar-refractivity contribution is 5.81. The molecule has 2 aromatic rings. The number of hydrogen-bond acceptors (Lipinski definition) is 7. The molecule has 0 aliphatic carbocycles. The van der Waals surface area contributed by atoms with Gasteiger partial charge < -0.3 is 37.4 Å². The number of nitrogens with one attached hydrogen (secondary N) is 2. The summed E-state index contributed by atoms with van der Waals surface area (Å²) in [5.74, 6) is 1.18. The summed E-state index contributed by atoms with van der Waals surface area (Å²) < 4.78 is 5.68. The van der Waals surface area contributed by atoms with Crippen molar-refractivity contribution in [1.29, 1.82) is 0 Å². The van der Waals surface area contributed by atoms with E-state index in [1.54, 1.807) is 6.20 Å². The van der Waals surface area contributed by atoms with E-state index in [2.05, 4.69) is 86.9 Å². The van der Waals surface area contributed by atoms with E-state index in [1.165, 1.54) is 0 Å². The molecule has 1 aliphatic rings. The monoisotopic (exact) mass is 633 g/mol. The topological polar surface area (TPSA) is 145 Å². The molecule has 8 heteroatoms. The van der Waals surface area contributed by atoms with Crippen molar-refractivity contribution in [3.63, 3.8) is 0 Å². The molecule has 1 saturated heterocycles. The highest BCUT2D eigenvalue weighted by Gasteiger charge is 2.31. The zero-order chi connectivity index (χ0) is 33.5. The van der Waals surface area contributed by atoms with Crippen LogP contribution >= 0.6 is 0 Å². The lowest BCUT2D eigenvalue weighted by Gasteiger charge is -2.34. The van der Waals surface area contributed by atoms with Gasteiger partial charge in [-0.15, -0.1) is 0 Å². The molecule has 1 aliphatic heterocycles. The van der Waals surface area contributed by atoms with E-state index in [0.717, 1.165) is 85.6 Å². The van der Waals surface area contributed by atoms with E-state index >= 15 is 0 Å². The smallest absolute Gasteiger partial charge is 0.249 e. The first-order valence-electron chi connectivity index (χ1n) is 17.3. The normalized spacial score (nSPS) is 18.2. The molecule has 1 heterocycles. The summed E-state index contributed by atoms with van der Waals surface area (Å²) in [5.41, 5.74) is 23.8. The molecular weight excluding hydrogens is 574 g/mol. The van der Waals surface area contributed by atoms with Gasteiger partial charge in [0.2, 0.25) is 5.91 Å². The lowest BCUT2D eigenvalue weighted by Crippen LogP contribution is -2.49. The number of ether oxygens (including phenoxy) is 1. The van der Waals surface area contributed by atoms with Crippen LogP contribution in [0.5, 0.6) is 0 Å². The van der Waals surface area contributed by atoms with E-state index in [0.29, 0.717) is 38.0 Å². The van der Waals surface area contributed by atoms with E-state index in [1.807, 2.05) is 0 Å². The predicted molar refractivity (Wildman–Crippen MR) is 189 cm³/mol. The molecule has 8 nitrogen and oxygen atoms in total. The number of aldehydes is 1. The Bertz CT molecular complexity index is 1220. The highest BCUT2D eigenvalue weighted by Crippen LogP contribution is 2.33. The van der Waals surface area contributed by atoms with Gasteiger partial charge in [-0.2, -0.15) is 0 Å². The molecule has 0 spiro atoms. The molecule has 254 valence electrons. The van der Waals surface area contributed by atoms with Crippen molar-refractivity contribution in [2.45, 2.75) is 103 Å². The van der Waals surface area contributed by atoms with Crippen LogP contribution in [0.4, 0.5) is 0 Å². The molecule has 2 unspecified atom stereocenters. The summed E-state index contributed by atoms with van der Waals surface area (Å²) in [7, 11) is 0. The maximum atomic E-state index is 12.8. The van der Waals surface area contributed by atoms with E-state index in [9.17, 15) is 9.59 Å². The molecule has 8 N–H and O–H groups in total. The van der Waals surface area contributed by atoms with Gasteiger partial charge in [-0.3, -0.25) is 4.79 Å². The molecule has 0 aromatic heterocycles. The third kappa shape index (κ3) is 11.0. The van der Waals surface area contributed by atoms with Crippen molar-refractivity contribution in [2.75, 3.05) is 19.7 Å². The first-order valence-corrected chi connectivity index (χ1v) is 17.3. The van der Waals surface area contributed by atoms with Crippen LogP contribution in [0, 0.1) is 17.8 Å². The van der Waals surface area contributed by atoms with Crippen molar-refractivity contribution < 1.29 is 14.3 Å². The number of carbonyl (C=O) groups is 2. The molecule has 1 fully saturated rings. The van der Waals surface area contributed by atoms with Gasteiger partial charge in [-0.1, -0.05) is 95.5 Å². The standard InChI is InChI=1S/C38H59N5O3/c1-27(2)32(11-7-5-6-9-21-44)23-38(41,26-40)33-19-17-30(18-20-33)29-13-15-31(16-14-29)34(24-39)42-25-35(28(3)4)43-37(45)36-12-8-10-22-46-36/h13-21,24,27-28,32,35-36,42H,5-12,22-23,25-26,39-41H2,1-4H3,(H,43,45)/b34-24-/t32?,35-,36?,38+/m1/s1. The van der Waals surface area contributed by atoms with Crippen molar-refractivity contribution in [1.82, 2.24) is 10.6 Å². The van der Waals surface area contributed by atoms with E-state index in [-0.39, 0.29) is 24.0 Å². The Hall–Kier alpha value is -3.20. The van der Waals surface area contributed by atoms with Crippen molar-refractivity contribution in [3.8, 4) is 11.1 Å². The lowest BCUT2D eigenvalue weighted by atomic mass is 9.76. The van der Waals surface area contributed by atoms with Gasteiger partial charge in [-0.05, 0) is 72.1 Å². The van der Waals surface area contributed by atoms with Crippen LogP contribution in [0.1, 0.15) is 96.6 Å². The fraction of sp³-hybridized carbons (Fsp3) is 0.579. The van der Waals surface area contributed by atoms with Crippen molar-refractivity contribution in [2.24, 2.45) is 35.0 Å². The summed E-state index contributed by atoms with van der Waals surface area (Å²) in [6.45, 7) is 10.3. The Morgan fingerprint density at radius 2 is 1.65 bits per heavy atom. The Kier molecular flexibility index (Phi) is 15.2.